The van der Waals surface area contributed by atoms with Crippen molar-refractivity contribution in [2.45, 2.75) is 29.1 Å². The van der Waals surface area contributed by atoms with Gasteiger partial charge in [-0.3, -0.25) is 0 Å². The van der Waals surface area contributed by atoms with Crippen molar-refractivity contribution in [3.05, 3.63) is 23.5 Å². The van der Waals surface area contributed by atoms with Gasteiger partial charge in [-0.1, -0.05) is 6.92 Å². The second kappa shape index (κ2) is 5.61. The van der Waals surface area contributed by atoms with Crippen molar-refractivity contribution in [3.8, 4) is 0 Å². The molecule has 0 radical (unpaired) electrons. The van der Waals surface area contributed by atoms with E-state index in [9.17, 15) is 26.0 Å². The number of rotatable bonds is 5. The van der Waals surface area contributed by atoms with Gasteiger partial charge in [-0.2, -0.15) is 0 Å². The number of hydrogen-bond acceptors (Lipinski definition) is 5. The molecule has 5 nitrogen and oxygen atoms in total. The first kappa shape index (κ1) is 16.8. The van der Waals surface area contributed by atoms with Crippen LogP contribution in [-0.4, -0.2) is 35.6 Å². The van der Waals surface area contributed by atoms with E-state index in [1.165, 1.54) is 0 Å². The summed E-state index contributed by atoms with van der Waals surface area (Å²) >= 11 is 0. The maximum absolute atomic E-state index is 14.0. The van der Waals surface area contributed by atoms with Crippen LogP contribution in [0.5, 0.6) is 0 Å². The molecule has 0 saturated carbocycles. The van der Waals surface area contributed by atoms with Gasteiger partial charge in [0.15, 0.2) is 19.7 Å². The van der Waals surface area contributed by atoms with Crippen LogP contribution in [0.15, 0.2) is 21.9 Å². The Hall–Kier alpha value is -1.28. The predicted molar refractivity (Wildman–Crippen MR) is 71.7 cm³/mol. The van der Waals surface area contributed by atoms with Gasteiger partial charge < -0.3 is 4.79 Å². The highest BCUT2D eigenvalue weighted by molar-refractivity contribution is 7.93. The first-order valence-corrected chi connectivity index (χ1v) is 9.44. The van der Waals surface area contributed by atoms with Crippen molar-refractivity contribution in [1.29, 1.82) is 0 Å². The average Bonchev–Trinajstić information content (AvgIpc) is 2.25. The lowest BCUT2D eigenvalue weighted by Crippen LogP contribution is -2.12. The first-order chi connectivity index (χ1) is 8.98. The highest BCUT2D eigenvalue weighted by Crippen LogP contribution is 2.29. The van der Waals surface area contributed by atoms with Crippen molar-refractivity contribution in [2.24, 2.45) is 0 Å². The molecule has 20 heavy (non-hydrogen) atoms. The van der Waals surface area contributed by atoms with Crippen LogP contribution in [0.4, 0.5) is 4.39 Å². The highest BCUT2D eigenvalue weighted by Gasteiger charge is 2.26. The third kappa shape index (κ3) is 3.63. The summed E-state index contributed by atoms with van der Waals surface area (Å²) in [6, 6.07) is 2.07. The fourth-order valence-corrected chi connectivity index (χ4v) is 4.32. The van der Waals surface area contributed by atoms with Gasteiger partial charge in [-0.25, -0.2) is 21.2 Å². The monoisotopic (exact) mass is 322 g/mol. The lowest BCUT2D eigenvalue weighted by atomic mass is 9.98. The van der Waals surface area contributed by atoms with Crippen LogP contribution < -0.4 is 0 Å². The summed E-state index contributed by atoms with van der Waals surface area (Å²) in [5.41, 5.74) is 0.266. The number of hydrogen-bond donors (Lipinski definition) is 0. The van der Waals surface area contributed by atoms with Crippen molar-refractivity contribution in [2.75, 3.05) is 12.5 Å². The number of benzene rings is 1. The second-order valence-electron chi connectivity index (χ2n) is 4.68. The molecule has 1 aromatic rings. The third-order valence-electron chi connectivity index (χ3n) is 2.82. The topological polar surface area (TPSA) is 85.3 Å². The molecule has 0 saturated heterocycles. The van der Waals surface area contributed by atoms with Crippen molar-refractivity contribution in [3.63, 3.8) is 0 Å². The number of aldehydes is 1. The molecular weight excluding hydrogens is 307 g/mol. The SMILES string of the molecule is CC(CC=O)c1cc(F)c(S(C)(=O)=O)c(S(C)(=O)=O)c1. The Balaban J connectivity index is 3.71. The molecule has 0 heterocycles. The van der Waals surface area contributed by atoms with Gasteiger partial charge in [0, 0.05) is 18.9 Å². The normalized spacial score (nSPS) is 14.0. The summed E-state index contributed by atoms with van der Waals surface area (Å²) in [4.78, 5) is 9.07. The van der Waals surface area contributed by atoms with E-state index >= 15 is 0 Å². The molecule has 0 fully saturated rings. The van der Waals surface area contributed by atoms with Crippen molar-refractivity contribution in [1.82, 2.24) is 0 Å². The summed E-state index contributed by atoms with van der Waals surface area (Å²) in [6.45, 7) is 1.62. The molecule has 1 aromatic carbocycles. The Kier molecular flexibility index (Phi) is 4.70. The van der Waals surface area contributed by atoms with Gasteiger partial charge in [0.2, 0.25) is 0 Å². The molecule has 1 rings (SSSR count). The maximum Gasteiger partial charge on any atom is 0.179 e. The van der Waals surface area contributed by atoms with Crippen LogP contribution in [-0.2, 0) is 24.5 Å². The van der Waals surface area contributed by atoms with Gasteiger partial charge >= 0.3 is 0 Å². The molecule has 0 amide bonds. The summed E-state index contributed by atoms with van der Waals surface area (Å²) in [5.74, 6) is -1.53. The Morgan fingerprint density at radius 1 is 1.15 bits per heavy atom. The minimum atomic E-state index is -4.03. The van der Waals surface area contributed by atoms with Crippen LogP contribution in [0.1, 0.15) is 24.8 Å². The summed E-state index contributed by atoms with van der Waals surface area (Å²) in [5, 5.41) is 0. The van der Waals surface area contributed by atoms with Crippen LogP contribution in [0.3, 0.4) is 0 Å². The lowest BCUT2D eigenvalue weighted by molar-refractivity contribution is -0.108. The zero-order chi connectivity index (χ0) is 15.7. The highest BCUT2D eigenvalue weighted by atomic mass is 32.2. The van der Waals surface area contributed by atoms with Crippen LogP contribution in [0.25, 0.3) is 0 Å². The van der Waals surface area contributed by atoms with Gasteiger partial charge in [0.1, 0.15) is 17.0 Å². The molecule has 8 heteroatoms. The second-order valence-corrected chi connectivity index (χ2v) is 8.61. The molecule has 0 N–H and O–H groups in total. The Labute approximate surface area is 117 Å². The minimum absolute atomic E-state index is 0.0842. The Morgan fingerprint density at radius 3 is 2.10 bits per heavy atom. The lowest BCUT2D eigenvalue weighted by Gasteiger charge is -2.14. The fourth-order valence-electron chi connectivity index (χ4n) is 1.79. The molecule has 0 aliphatic rings. The van der Waals surface area contributed by atoms with Crippen LogP contribution in [0.2, 0.25) is 0 Å². The van der Waals surface area contributed by atoms with Gasteiger partial charge in [0.05, 0.1) is 4.90 Å². The number of halogens is 1. The molecule has 0 aliphatic heterocycles. The van der Waals surface area contributed by atoms with Crippen molar-refractivity contribution >= 4 is 26.0 Å². The average molecular weight is 322 g/mol. The molecule has 0 aliphatic carbocycles. The summed E-state index contributed by atoms with van der Waals surface area (Å²) in [7, 11) is -7.94. The van der Waals surface area contributed by atoms with Gasteiger partial charge in [-0.15, -0.1) is 0 Å². The summed E-state index contributed by atoms with van der Waals surface area (Å²) in [6.07, 6.45) is 2.27. The Bertz CT molecular complexity index is 735. The summed E-state index contributed by atoms with van der Waals surface area (Å²) < 4.78 is 60.5. The predicted octanol–water partition coefficient (Wildman–Crippen LogP) is 1.33. The molecule has 1 unspecified atom stereocenters. The van der Waals surface area contributed by atoms with E-state index in [-0.39, 0.29) is 12.0 Å². The molecule has 112 valence electrons. The molecule has 0 bridgehead atoms. The van der Waals surface area contributed by atoms with E-state index in [4.69, 9.17) is 0 Å². The molecule has 1 atom stereocenters. The van der Waals surface area contributed by atoms with E-state index in [1.54, 1.807) is 6.92 Å². The molecule has 0 aromatic heterocycles. The number of carbonyl (C=O) groups excluding carboxylic acids is 1. The quantitative estimate of drug-likeness (QED) is 0.763. The minimum Gasteiger partial charge on any atom is -0.303 e. The molecule has 0 spiro atoms. The fraction of sp³-hybridized carbons (Fsp3) is 0.417. The zero-order valence-electron chi connectivity index (χ0n) is 11.3. The van der Waals surface area contributed by atoms with Crippen molar-refractivity contribution < 1.29 is 26.0 Å². The third-order valence-corrected chi connectivity index (χ3v) is 5.23. The smallest absolute Gasteiger partial charge is 0.179 e. The first-order valence-electron chi connectivity index (χ1n) is 5.65. The van der Waals surface area contributed by atoms with Gasteiger partial charge in [0.25, 0.3) is 0 Å². The van der Waals surface area contributed by atoms with E-state index in [0.717, 1.165) is 24.6 Å². The standard InChI is InChI=1S/C12H15FO5S2/c1-8(4-5-14)9-6-10(13)12(20(3,17)18)11(7-9)19(2,15)16/h5-8H,4H2,1-3H3. The van der Waals surface area contributed by atoms with E-state index < -0.39 is 41.2 Å². The van der Waals surface area contributed by atoms with E-state index in [1.807, 2.05) is 0 Å². The number of sulfone groups is 2. The zero-order valence-corrected chi connectivity index (χ0v) is 12.9. The van der Waals surface area contributed by atoms with E-state index in [0.29, 0.717) is 6.29 Å². The largest absolute Gasteiger partial charge is 0.303 e. The maximum atomic E-state index is 14.0. The van der Waals surface area contributed by atoms with Crippen LogP contribution >= 0.6 is 0 Å². The van der Waals surface area contributed by atoms with E-state index in [2.05, 4.69) is 0 Å². The van der Waals surface area contributed by atoms with Crippen LogP contribution in [0, 0.1) is 5.82 Å². The van der Waals surface area contributed by atoms with Gasteiger partial charge in [-0.05, 0) is 23.6 Å². The Morgan fingerprint density at radius 2 is 1.70 bits per heavy atom. The molecular formula is C12H15FO5S2. The number of carbonyl (C=O) groups is 1.